The van der Waals surface area contributed by atoms with Gasteiger partial charge in [0.25, 0.3) is 10.0 Å². The zero-order chi connectivity index (χ0) is 19.1. The Labute approximate surface area is 158 Å². The first-order valence-electron chi connectivity index (χ1n) is 8.55. The second-order valence-corrected chi connectivity index (χ2v) is 7.69. The fraction of sp³-hybridized carbons (Fsp3) is 0.150. The summed E-state index contributed by atoms with van der Waals surface area (Å²) < 4.78 is 39.9. The summed E-state index contributed by atoms with van der Waals surface area (Å²) in [7, 11) is -3.77. The number of anilines is 2. The molecule has 7 heteroatoms. The molecule has 2 aromatic carbocycles. The van der Waals surface area contributed by atoms with E-state index in [1.165, 1.54) is 23.9 Å². The van der Waals surface area contributed by atoms with Crippen LogP contribution in [0.1, 0.15) is 12.0 Å². The van der Waals surface area contributed by atoms with Gasteiger partial charge in [-0.3, -0.25) is 4.72 Å². The number of sulfonamides is 1. The molecule has 0 saturated heterocycles. The molecule has 3 rings (SSSR count). The van der Waals surface area contributed by atoms with Crippen LogP contribution in [-0.4, -0.2) is 19.9 Å². The summed E-state index contributed by atoms with van der Waals surface area (Å²) >= 11 is 0. The van der Waals surface area contributed by atoms with Gasteiger partial charge in [0, 0.05) is 6.54 Å². The van der Waals surface area contributed by atoms with E-state index in [0.29, 0.717) is 11.5 Å². The Morgan fingerprint density at radius 1 is 0.926 bits per heavy atom. The molecule has 3 aromatic rings. The highest BCUT2D eigenvalue weighted by Crippen LogP contribution is 2.17. The largest absolute Gasteiger partial charge is 0.370 e. The van der Waals surface area contributed by atoms with Crippen LogP contribution in [0.3, 0.4) is 0 Å². The van der Waals surface area contributed by atoms with Gasteiger partial charge in [-0.1, -0.05) is 30.3 Å². The van der Waals surface area contributed by atoms with Gasteiger partial charge >= 0.3 is 0 Å². The monoisotopic (exact) mass is 385 g/mol. The van der Waals surface area contributed by atoms with Gasteiger partial charge in [-0.15, -0.1) is 0 Å². The van der Waals surface area contributed by atoms with Crippen LogP contribution < -0.4 is 10.0 Å². The van der Waals surface area contributed by atoms with Crippen LogP contribution in [-0.2, 0) is 16.4 Å². The molecule has 27 heavy (non-hydrogen) atoms. The van der Waals surface area contributed by atoms with Crippen molar-refractivity contribution in [2.45, 2.75) is 17.7 Å². The van der Waals surface area contributed by atoms with Crippen molar-refractivity contribution in [3.63, 3.8) is 0 Å². The van der Waals surface area contributed by atoms with E-state index in [0.717, 1.165) is 31.5 Å². The molecule has 0 unspecified atom stereocenters. The van der Waals surface area contributed by atoms with E-state index in [1.54, 1.807) is 12.1 Å². The Hall–Kier alpha value is -2.93. The van der Waals surface area contributed by atoms with Crippen LogP contribution >= 0.6 is 0 Å². The number of aromatic nitrogens is 1. The van der Waals surface area contributed by atoms with Gasteiger partial charge < -0.3 is 5.32 Å². The minimum atomic E-state index is -3.77. The Morgan fingerprint density at radius 2 is 1.67 bits per heavy atom. The van der Waals surface area contributed by atoms with Gasteiger partial charge in [0.15, 0.2) is 0 Å². The number of nitrogens with one attached hydrogen (secondary N) is 2. The van der Waals surface area contributed by atoms with E-state index in [2.05, 4.69) is 27.2 Å². The van der Waals surface area contributed by atoms with E-state index in [4.69, 9.17) is 0 Å². The normalized spacial score (nSPS) is 11.1. The van der Waals surface area contributed by atoms with Crippen LogP contribution in [0.5, 0.6) is 0 Å². The first kappa shape index (κ1) is 18.8. The van der Waals surface area contributed by atoms with Gasteiger partial charge in [0.05, 0.1) is 16.8 Å². The number of hydrogen-bond acceptors (Lipinski definition) is 4. The standard InChI is InChI=1S/C20H20FN3O2S/c21-17-8-11-19(12-9-17)27(25,26)24-18-10-13-20(23-15-18)22-14-4-7-16-5-2-1-3-6-16/h1-3,5-6,8-13,15,24H,4,7,14H2,(H,22,23). The Morgan fingerprint density at radius 3 is 2.33 bits per heavy atom. The van der Waals surface area contributed by atoms with Crippen LogP contribution in [0.2, 0.25) is 0 Å². The fourth-order valence-electron chi connectivity index (χ4n) is 2.54. The molecule has 0 atom stereocenters. The van der Waals surface area contributed by atoms with Crippen LogP contribution in [0, 0.1) is 5.82 Å². The van der Waals surface area contributed by atoms with Gasteiger partial charge in [-0.2, -0.15) is 0 Å². The molecule has 1 heterocycles. The van der Waals surface area contributed by atoms with E-state index in [1.807, 2.05) is 18.2 Å². The zero-order valence-electron chi connectivity index (χ0n) is 14.6. The van der Waals surface area contributed by atoms with Crippen molar-refractivity contribution in [1.29, 1.82) is 0 Å². The summed E-state index contributed by atoms with van der Waals surface area (Å²) in [4.78, 5) is 4.21. The quantitative estimate of drug-likeness (QED) is 0.574. The number of benzene rings is 2. The summed E-state index contributed by atoms with van der Waals surface area (Å²) in [6, 6.07) is 18.2. The fourth-order valence-corrected chi connectivity index (χ4v) is 3.58. The highest BCUT2D eigenvalue weighted by atomic mass is 32.2. The molecule has 0 radical (unpaired) electrons. The molecule has 0 spiro atoms. The van der Waals surface area contributed by atoms with Crippen molar-refractivity contribution in [2.75, 3.05) is 16.6 Å². The molecule has 0 aliphatic heterocycles. The van der Waals surface area contributed by atoms with Crippen molar-refractivity contribution in [1.82, 2.24) is 4.98 Å². The van der Waals surface area contributed by atoms with Gasteiger partial charge in [-0.25, -0.2) is 17.8 Å². The highest BCUT2D eigenvalue weighted by molar-refractivity contribution is 7.92. The Balaban J connectivity index is 1.51. The molecule has 140 valence electrons. The van der Waals surface area contributed by atoms with Crippen molar-refractivity contribution >= 4 is 21.5 Å². The number of halogens is 1. The molecule has 0 saturated carbocycles. The molecule has 0 fully saturated rings. The van der Waals surface area contributed by atoms with Crippen molar-refractivity contribution in [3.05, 3.63) is 84.3 Å². The molecule has 5 nitrogen and oxygen atoms in total. The minimum absolute atomic E-state index is 0.00739. The van der Waals surface area contributed by atoms with Crippen molar-refractivity contribution < 1.29 is 12.8 Å². The topological polar surface area (TPSA) is 71.1 Å². The molecule has 2 N–H and O–H groups in total. The Kier molecular flexibility index (Phi) is 6.03. The maximum Gasteiger partial charge on any atom is 0.261 e. The van der Waals surface area contributed by atoms with Gasteiger partial charge in [-0.05, 0) is 54.8 Å². The van der Waals surface area contributed by atoms with Crippen molar-refractivity contribution in [2.24, 2.45) is 0 Å². The number of pyridine rings is 1. The molecule has 1 aromatic heterocycles. The summed E-state index contributed by atoms with van der Waals surface area (Å²) in [5.41, 5.74) is 1.63. The third-order valence-corrected chi connectivity index (χ3v) is 5.33. The minimum Gasteiger partial charge on any atom is -0.370 e. The lowest BCUT2D eigenvalue weighted by atomic mass is 10.1. The van der Waals surface area contributed by atoms with Gasteiger partial charge in [0.1, 0.15) is 11.6 Å². The van der Waals surface area contributed by atoms with Crippen molar-refractivity contribution in [3.8, 4) is 0 Å². The maximum atomic E-state index is 12.9. The molecule has 0 aliphatic carbocycles. The SMILES string of the molecule is O=S(=O)(Nc1ccc(NCCCc2ccccc2)nc1)c1ccc(F)cc1. The average Bonchev–Trinajstić information content (AvgIpc) is 2.67. The van der Waals surface area contributed by atoms with Crippen LogP contribution in [0.15, 0.2) is 77.8 Å². The smallest absolute Gasteiger partial charge is 0.261 e. The number of aryl methyl sites for hydroxylation is 1. The maximum absolute atomic E-state index is 12.9. The zero-order valence-corrected chi connectivity index (χ0v) is 15.4. The average molecular weight is 385 g/mol. The molecule has 0 amide bonds. The lowest BCUT2D eigenvalue weighted by Gasteiger charge is -2.09. The summed E-state index contributed by atoms with van der Waals surface area (Å²) in [5.74, 6) is 0.186. The van der Waals surface area contributed by atoms with E-state index < -0.39 is 15.8 Å². The third-order valence-electron chi connectivity index (χ3n) is 3.93. The second kappa shape index (κ2) is 8.64. The number of nitrogens with zero attached hydrogens (tertiary/aromatic N) is 1. The Bertz CT molecular complexity index is 960. The third kappa shape index (κ3) is 5.52. The van der Waals surface area contributed by atoms with Crippen LogP contribution in [0.25, 0.3) is 0 Å². The van der Waals surface area contributed by atoms with E-state index >= 15 is 0 Å². The summed E-state index contributed by atoms with van der Waals surface area (Å²) in [6.45, 7) is 0.766. The predicted octanol–water partition coefficient (Wildman–Crippen LogP) is 4.07. The first-order chi connectivity index (χ1) is 13.0. The van der Waals surface area contributed by atoms with E-state index in [9.17, 15) is 12.8 Å². The molecule has 0 bridgehead atoms. The number of rotatable bonds is 8. The van der Waals surface area contributed by atoms with Gasteiger partial charge in [0.2, 0.25) is 0 Å². The van der Waals surface area contributed by atoms with Crippen LogP contribution in [0.4, 0.5) is 15.9 Å². The summed E-state index contributed by atoms with van der Waals surface area (Å²) in [6.07, 6.45) is 3.38. The molecule has 0 aliphatic rings. The lowest BCUT2D eigenvalue weighted by molar-refractivity contribution is 0.599. The first-order valence-corrected chi connectivity index (χ1v) is 10.0. The number of hydrogen-bond donors (Lipinski definition) is 2. The molecular weight excluding hydrogens is 365 g/mol. The highest BCUT2D eigenvalue weighted by Gasteiger charge is 2.14. The van der Waals surface area contributed by atoms with E-state index in [-0.39, 0.29) is 4.90 Å². The second-order valence-electron chi connectivity index (χ2n) is 6.01. The summed E-state index contributed by atoms with van der Waals surface area (Å²) in [5, 5.41) is 3.21. The lowest BCUT2D eigenvalue weighted by Crippen LogP contribution is -2.13. The predicted molar refractivity (Wildman–Crippen MR) is 105 cm³/mol. The molecular formula is C20H20FN3O2S.